The molecule has 0 aliphatic rings. The van der Waals surface area contributed by atoms with Crippen molar-refractivity contribution in [3.63, 3.8) is 0 Å². The van der Waals surface area contributed by atoms with Crippen molar-refractivity contribution >= 4 is 39.7 Å². The van der Waals surface area contributed by atoms with E-state index in [0.29, 0.717) is 28.1 Å². The van der Waals surface area contributed by atoms with Crippen LogP contribution in [0, 0.1) is 0 Å². The Morgan fingerprint density at radius 1 is 0.853 bits per heavy atom. The van der Waals surface area contributed by atoms with Crippen LogP contribution in [0.4, 0.5) is 22.9 Å². The van der Waals surface area contributed by atoms with Crippen LogP contribution in [0.1, 0.15) is 6.92 Å². The van der Waals surface area contributed by atoms with Crippen LogP contribution < -0.4 is 15.6 Å². The molecule has 0 bridgehead atoms. The van der Waals surface area contributed by atoms with Crippen molar-refractivity contribution in [2.45, 2.75) is 6.92 Å². The Morgan fingerprint density at radius 2 is 1.47 bits per heavy atom. The molecule has 0 spiro atoms. The van der Waals surface area contributed by atoms with Gasteiger partial charge in [0.05, 0.1) is 22.8 Å². The molecular weight excluding hydrogens is 424 g/mol. The van der Waals surface area contributed by atoms with Crippen molar-refractivity contribution in [1.29, 1.82) is 0 Å². The van der Waals surface area contributed by atoms with Gasteiger partial charge in [-0.3, -0.25) is 24.0 Å². The van der Waals surface area contributed by atoms with Crippen molar-refractivity contribution in [1.82, 2.24) is 9.55 Å². The first kappa shape index (κ1) is 21.2. The largest absolute Gasteiger partial charge is 0.341 e. The fraction of sp³-hybridized carbons (Fsp3) is 0.0357. The van der Waals surface area contributed by atoms with Gasteiger partial charge in [-0.1, -0.05) is 54.6 Å². The lowest BCUT2D eigenvalue weighted by atomic mass is 10.1. The Hall–Kier alpha value is -4.71. The minimum absolute atomic E-state index is 0.186. The maximum Gasteiger partial charge on any atom is 0.228 e. The smallest absolute Gasteiger partial charge is 0.228 e. The third-order valence-corrected chi connectivity index (χ3v) is 5.53. The highest BCUT2D eigenvalue weighted by Gasteiger charge is 2.22. The van der Waals surface area contributed by atoms with Gasteiger partial charge in [-0.25, -0.2) is 0 Å². The normalized spacial score (nSPS) is 10.7. The molecule has 2 aromatic heterocycles. The maximum absolute atomic E-state index is 13.3. The first-order valence-electron chi connectivity index (χ1n) is 10.9. The van der Waals surface area contributed by atoms with Crippen LogP contribution in [0.15, 0.2) is 114 Å². The predicted octanol–water partition coefficient (Wildman–Crippen LogP) is 5.81. The molecule has 2 heterocycles. The van der Waals surface area contributed by atoms with Crippen LogP contribution in [0.2, 0.25) is 0 Å². The van der Waals surface area contributed by atoms with E-state index in [-0.39, 0.29) is 11.3 Å². The van der Waals surface area contributed by atoms with Gasteiger partial charge in [0.25, 0.3) is 0 Å². The molecule has 0 aliphatic heterocycles. The molecule has 5 rings (SSSR count). The Labute approximate surface area is 196 Å². The van der Waals surface area contributed by atoms with Gasteiger partial charge in [0.2, 0.25) is 5.91 Å². The molecule has 0 unspecified atom stereocenters. The molecule has 34 heavy (non-hydrogen) atoms. The van der Waals surface area contributed by atoms with Crippen molar-refractivity contribution in [3.8, 4) is 5.69 Å². The molecule has 1 N–H and O–H groups in total. The minimum atomic E-state index is -0.188. The number of rotatable bonds is 5. The highest BCUT2D eigenvalue weighted by Crippen LogP contribution is 2.34. The number of anilines is 4. The zero-order valence-corrected chi connectivity index (χ0v) is 18.6. The second-order valence-electron chi connectivity index (χ2n) is 7.80. The molecule has 0 saturated carbocycles. The molecule has 0 fully saturated rings. The third kappa shape index (κ3) is 3.93. The highest BCUT2D eigenvalue weighted by atomic mass is 16.2. The van der Waals surface area contributed by atoms with Crippen LogP contribution in [-0.4, -0.2) is 15.5 Å². The second-order valence-corrected chi connectivity index (χ2v) is 7.80. The zero-order chi connectivity index (χ0) is 23.5. The molecule has 6 heteroatoms. The van der Waals surface area contributed by atoms with Gasteiger partial charge in [0, 0.05) is 36.2 Å². The molecule has 1 amide bonds. The SMILES string of the molecule is CC(=O)N(c1ccccc1)c1cncc2c(=O)cc(Nc3ccccc3)n(-c3ccccc3)c12. The average molecular weight is 447 g/mol. The number of carbonyl (C=O) groups is 1. The number of benzene rings is 3. The molecule has 0 aliphatic carbocycles. The summed E-state index contributed by atoms with van der Waals surface area (Å²) in [5, 5.41) is 3.80. The number of para-hydroxylation sites is 3. The summed E-state index contributed by atoms with van der Waals surface area (Å²) in [6, 6.07) is 30.3. The van der Waals surface area contributed by atoms with E-state index in [1.54, 1.807) is 23.4 Å². The molecule has 0 radical (unpaired) electrons. The van der Waals surface area contributed by atoms with E-state index in [1.165, 1.54) is 6.92 Å². The lowest BCUT2D eigenvalue weighted by Crippen LogP contribution is -2.25. The molecular formula is C28H22N4O2. The number of fused-ring (bicyclic) bond motifs is 1. The standard InChI is InChI=1S/C28H22N4O2/c1-20(33)31(22-13-7-3-8-14-22)25-19-29-18-24-26(34)17-27(30-21-11-5-2-6-12-21)32(28(24)25)23-15-9-4-10-16-23/h2-19,30H,1H3. The Bertz CT molecular complexity index is 1510. The summed E-state index contributed by atoms with van der Waals surface area (Å²) in [5.74, 6) is 0.396. The van der Waals surface area contributed by atoms with Crippen molar-refractivity contribution in [2.75, 3.05) is 10.2 Å². The van der Waals surface area contributed by atoms with Gasteiger partial charge < -0.3 is 5.32 Å². The topological polar surface area (TPSA) is 67.2 Å². The summed E-state index contributed by atoms with van der Waals surface area (Å²) in [5.41, 5.74) is 3.30. The fourth-order valence-corrected chi connectivity index (χ4v) is 4.08. The number of carbonyl (C=O) groups excluding carboxylic acids is 1. The first-order chi connectivity index (χ1) is 16.6. The van der Waals surface area contributed by atoms with Crippen LogP contribution in [0.25, 0.3) is 16.6 Å². The number of nitrogens with zero attached hydrogens (tertiary/aromatic N) is 3. The number of aromatic nitrogens is 2. The summed E-state index contributed by atoms with van der Waals surface area (Å²) >= 11 is 0. The van der Waals surface area contributed by atoms with Gasteiger partial charge in [-0.05, 0) is 36.4 Å². The summed E-state index contributed by atoms with van der Waals surface area (Å²) < 4.78 is 1.96. The number of pyridine rings is 2. The first-order valence-corrected chi connectivity index (χ1v) is 10.9. The van der Waals surface area contributed by atoms with Crippen LogP contribution in [0.5, 0.6) is 0 Å². The lowest BCUT2D eigenvalue weighted by Gasteiger charge is -2.26. The molecule has 0 atom stereocenters. The van der Waals surface area contributed by atoms with Gasteiger partial charge in [0.15, 0.2) is 5.43 Å². The number of amides is 1. The average Bonchev–Trinajstić information content (AvgIpc) is 2.86. The van der Waals surface area contributed by atoms with Crippen LogP contribution in [-0.2, 0) is 4.79 Å². The fourth-order valence-electron chi connectivity index (χ4n) is 4.08. The summed E-state index contributed by atoms with van der Waals surface area (Å²) in [7, 11) is 0. The Morgan fingerprint density at radius 3 is 2.12 bits per heavy atom. The van der Waals surface area contributed by atoms with E-state index in [2.05, 4.69) is 10.3 Å². The van der Waals surface area contributed by atoms with E-state index in [1.807, 2.05) is 95.6 Å². The second kappa shape index (κ2) is 9.03. The van der Waals surface area contributed by atoms with Gasteiger partial charge in [-0.15, -0.1) is 0 Å². The van der Waals surface area contributed by atoms with Crippen molar-refractivity contribution in [2.24, 2.45) is 0 Å². The lowest BCUT2D eigenvalue weighted by molar-refractivity contribution is -0.115. The van der Waals surface area contributed by atoms with E-state index in [0.717, 1.165) is 11.4 Å². The predicted molar refractivity (Wildman–Crippen MR) is 136 cm³/mol. The molecule has 0 saturated heterocycles. The molecule has 3 aromatic carbocycles. The molecule has 6 nitrogen and oxygen atoms in total. The number of hydrogen-bond acceptors (Lipinski definition) is 4. The zero-order valence-electron chi connectivity index (χ0n) is 18.6. The van der Waals surface area contributed by atoms with Gasteiger partial charge >= 0.3 is 0 Å². The van der Waals surface area contributed by atoms with E-state index >= 15 is 0 Å². The van der Waals surface area contributed by atoms with Crippen molar-refractivity contribution in [3.05, 3.63) is 120 Å². The monoisotopic (exact) mass is 446 g/mol. The van der Waals surface area contributed by atoms with Crippen LogP contribution in [0.3, 0.4) is 0 Å². The van der Waals surface area contributed by atoms with E-state index < -0.39 is 0 Å². The van der Waals surface area contributed by atoms with Gasteiger partial charge in [-0.2, -0.15) is 0 Å². The maximum atomic E-state index is 13.3. The summed E-state index contributed by atoms with van der Waals surface area (Å²) in [4.78, 5) is 32.1. The minimum Gasteiger partial charge on any atom is -0.341 e. The summed E-state index contributed by atoms with van der Waals surface area (Å²) in [6.45, 7) is 1.50. The van der Waals surface area contributed by atoms with Crippen molar-refractivity contribution < 1.29 is 4.79 Å². The number of nitrogens with one attached hydrogen (secondary N) is 1. The third-order valence-electron chi connectivity index (χ3n) is 5.53. The highest BCUT2D eigenvalue weighted by molar-refractivity contribution is 6.06. The Balaban J connectivity index is 1.87. The Kier molecular flexibility index (Phi) is 5.62. The molecule has 5 aromatic rings. The quantitative estimate of drug-likeness (QED) is 0.370. The summed E-state index contributed by atoms with van der Waals surface area (Å²) in [6.07, 6.45) is 3.18. The van der Waals surface area contributed by atoms with Gasteiger partial charge in [0.1, 0.15) is 5.82 Å². The van der Waals surface area contributed by atoms with E-state index in [9.17, 15) is 9.59 Å². The van der Waals surface area contributed by atoms with E-state index in [4.69, 9.17) is 0 Å². The molecule has 166 valence electrons. The van der Waals surface area contributed by atoms with Crippen LogP contribution >= 0.6 is 0 Å². The number of hydrogen-bond donors (Lipinski definition) is 1.